The molecule has 1 saturated heterocycles. The number of allylic oxidation sites excluding steroid dienone is 1. The van der Waals surface area contributed by atoms with Gasteiger partial charge in [-0.1, -0.05) is 18.6 Å². The Kier molecular flexibility index (Phi) is 4.33. The maximum atomic E-state index is 3.35. The van der Waals surface area contributed by atoms with Crippen molar-refractivity contribution in [3.8, 4) is 0 Å². The Morgan fingerprint density at radius 3 is 2.67 bits per heavy atom. The summed E-state index contributed by atoms with van der Waals surface area (Å²) in [5, 5.41) is 3.35. The molecule has 0 aliphatic carbocycles. The Bertz CT molecular complexity index is 146. The molecule has 0 amide bonds. The van der Waals surface area contributed by atoms with Crippen LogP contribution in [0.5, 0.6) is 0 Å². The molecule has 0 aromatic heterocycles. The van der Waals surface area contributed by atoms with E-state index in [2.05, 4.69) is 30.1 Å². The van der Waals surface area contributed by atoms with E-state index in [-0.39, 0.29) is 0 Å². The van der Waals surface area contributed by atoms with Crippen LogP contribution in [-0.4, -0.2) is 37.6 Å². The number of nitrogens with zero attached hydrogens (tertiary/aromatic N) is 1. The lowest BCUT2D eigenvalue weighted by atomic mass is 10.2. The van der Waals surface area contributed by atoms with E-state index in [9.17, 15) is 0 Å². The predicted octanol–water partition coefficient (Wildman–Crippen LogP) is 1.25. The molecule has 12 heavy (non-hydrogen) atoms. The number of rotatable bonds is 3. The summed E-state index contributed by atoms with van der Waals surface area (Å²) in [6.45, 7) is 10.3. The molecule has 70 valence electrons. The Morgan fingerprint density at radius 1 is 1.42 bits per heavy atom. The third-order valence-electron chi connectivity index (χ3n) is 2.47. The molecular weight excluding hydrogens is 148 g/mol. The summed E-state index contributed by atoms with van der Waals surface area (Å²) in [7, 11) is 0. The van der Waals surface area contributed by atoms with Crippen molar-refractivity contribution in [3.63, 3.8) is 0 Å². The maximum absolute atomic E-state index is 3.35. The summed E-state index contributed by atoms with van der Waals surface area (Å²) in [6.07, 6.45) is 3.54. The minimum absolute atomic E-state index is 1.14. The molecule has 1 N–H and O–H groups in total. The number of piperazine rings is 1. The second-order valence-corrected chi connectivity index (χ2v) is 3.45. The normalized spacial score (nSPS) is 21.3. The van der Waals surface area contributed by atoms with E-state index in [1.54, 1.807) is 0 Å². The van der Waals surface area contributed by atoms with E-state index in [0.29, 0.717) is 0 Å². The summed E-state index contributed by atoms with van der Waals surface area (Å²) >= 11 is 0. The average Bonchev–Trinajstić information content (AvgIpc) is 2.16. The molecule has 0 saturated carbocycles. The zero-order valence-corrected chi connectivity index (χ0v) is 8.27. The molecule has 0 aromatic rings. The topological polar surface area (TPSA) is 15.3 Å². The van der Waals surface area contributed by atoms with Gasteiger partial charge in [0, 0.05) is 32.7 Å². The molecule has 2 heteroatoms. The molecule has 1 aliphatic rings. The Hall–Kier alpha value is -0.340. The zero-order valence-electron chi connectivity index (χ0n) is 8.27. The summed E-state index contributed by atoms with van der Waals surface area (Å²) in [5.74, 6) is 0. The summed E-state index contributed by atoms with van der Waals surface area (Å²) in [6, 6.07) is 0. The second kappa shape index (κ2) is 5.33. The Balaban J connectivity index is 2.21. The van der Waals surface area contributed by atoms with Gasteiger partial charge in [0.25, 0.3) is 0 Å². The summed E-state index contributed by atoms with van der Waals surface area (Å²) in [5.41, 5.74) is 1.51. The van der Waals surface area contributed by atoms with Gasteiger partial charge in [0.2, 0.25) is 0 Å². The first-order valence-corrected chi connectivity index (χ1v) is 4.91. The van der Waals surface area contributed by atoms with Gasteiger partial charge >= 0.3 is 0 Å². The highest BCUT2D eigenvalue weighted by atomic mass is 15.2. The third kappa shape index (κ3) is 3.37. The van der Waals surface area contributed by atoms with Gasteiger partial charge < -0.3 is 5.32 Å². The number of hydrogen-bond donors (Lipinski definition) is 1. The Morgan fingerprint density at radius 2 is 2.08 bits per heavy atom. The van der Waals surface area contributed by atoms with Crippen LogP contribution in [-0.2, 0) is 0 Å². The van der Waals surface area contributed by atoms with E-state index < -0.39 is 0 Å². The second-order valence-electron chi connectivity index (χ2n) is 3.45. The average molecular weight is 168 g/mol. The molecule has 0 unspecified atom stereocenters. The fourth-order valence-electron chi connectivity index (χ4n) is 1.32. The minimum Gasteiger partial charge on any atom is -0.314 e. The van der Waals surface area contributed by atoms with Crippen LogP contribution < -0.4 is 5.32 Å². The van der Waals surface area contributed by atoms with Crippen molar-refractivity contribution >= 4 is 0 Å². The van der Waals surface area contributed by atoms with Gasteiger partial charge in [-0.25, -0.2) is 0 Å². The molecule has 1 heterocycles. The first kappa shape index (κ1) is 9.75. The predicted molar refractivity (Wildman–Crippen MR) is 53.4 cm³/mol. The Labute approximate surface area is 75.6 Å². The molecule has 0 bridgehead atoms. The van der Waals surface area contributed by atoms with E-state index in [0.717, 1.165) is 19.6 Å². The highest BCUT2D eigenvalue weighted by Gasteiger charge is 2.06. The minimum atomic E-state index is 1.14. The van der Waals surface area contributed by atoms with Crippen molar-refractivity contribution in [2.45, 2.75) is 20.3 Å². The van der Waals surface area contributed by atoms with Crippen LogP contribution in [0.4, 0.5) is 0 Å². The molecular formula is C10H20N2. The van der Waals surface area contributed by atoms with Crippen molar-refractivity contribution in [1.82, 2.24) is 10.2 Å². The highest BCUT2D eigenvalue weighted by molar-refractivity contribution is 4.98. The number of nitrogens with one attached hydrogen (secondary N) is 1. The van der Waals surface area contributed by atoms with Crippen LogP contribution in [0.3, 0.4) is 0 Å². The standard InChI is InChI=1S/C10H20N2/c1-3-10(2)4-7-12-8-5-11-6-9-12/h4,11H,3,5-9H2,1-2H3/b10-4-. The monoisotopic (exact) mass is 168 g/mol. The molecule has 0 radical (unpaired) electrons. The van der Waals surface area contributed by atoms with Crippen molar-refractivity contribution in [1.29, 1.82) is 0 Å². The molecule has 1 fully saturated rings. The van der Waals surface area contributed by atoms with Crippen molar-refractivity contribution in [2.75, 3.05) is 32.7 Å². The van der Waals surface area contributed by atoms with Crippen molar-refractivity contribution < 1.29 is 0 Å². The van der Waals surface area contributed by atoms with Gasteiger partial charge in [-0.05, 0) is 13.3 Å². The van der Waals surface area contributed by atoms with Crippen LogP contribution in [0.1, 0.15) is 20.3 Å². The molecule has 0 atom stereocenters. The summed E-state index contributed by atoms with van der Waals surface area (Å²) < 4.78 is 0. The lowest BCUT2D eigenvalue weighted by Crippen LogP contribution is -2.43. The van der Waals surface area contributed by atoms with Crippen LogP contribution in [0.25, 0.3) is 0 Å². The smallest absolute Gasteiger partial charge is 0.0166 e. The van der Waals surface area contributed by atoms with E-state index in [4.69, 9.17) is 0 Å². The lowest BCUT2D eigenvalue weighted by molar-refractivity contribution is 0.264. The van der Waals surface area contributed by atoms with Crippen molar-refractivity contribution in [3.05, 3.63) is 11.6 Å². The van der Waals surface area contributed by atoms with Crippen LogP contribution in [0.15, 0.2) is 11.6 Å². The fraction of sp³-hybridized carbons (Fsp3) is 0.800. The maximum Gasteiger partial charge on any atom is 0.0166 e. The molecule has 0 aromatic carbocycles. The molecule has 1 rings (SSSR count). The number of hydrogen-bond acceptors (Lipinski definition) is 2. The SMILES string of the molecule is CC/C(C)=C\CN1CCNCC1. The van der Waals surface area contributed by atoms with Crippen molar-refractivity contribution in [2.24, 2.45) is 0 Å². The van der Waals surface area contributed by atoms with Gasteiger partial charge in [-0.3, -0.25) is 4.90 Å². The van der Waals surface area contributed by atoms with Gasteiger partial charge in [0.05, 0.1) is 0 Å². The van der Waals surface area contributed by atoms with E-state index >= 15 is 0 Å². The van der Waals surface area contributed by atoms with E-state index in [1.165, 1.54) is 25.1 Å². The molecule has 2 nitrogen and oxygen atoms in total. The fourth-order valence-corrected chi connectivity index (χ4v) is 1.32. The molecule has 0 spiro atoms. The quantitative estimate of drug-likeness (QED) is 0.638. The molecule has 1 aliphatic heterocycles. The van der Waals surface area contributed by atoms with Gasteiger partial charge in [-0.15, -0.1) is 0 Å². The van der Waals surface area contributed by atoms with Crippen LogP contribution in [0, 0.1) is 0 Å². The first-order valence-electron chi connectivity index (χ1n) is 4.91. The highest BCUT2D eigenvalue weighted by Crippen LogP contribution is 1.99. The van der Waals surface area contributed by atoms with E-state index in [1.807, 2.05) is 0 Å². The van der Waals surface area contributed by atoms with Crippen LogP contribution in [0.2, 0.25) is 0 Å². The first-order chi connectivity index (χ1) is 5.83. The lowest BCUT2D eigenvalue weighted by Gasteiger charge is -2.26. The largest absolute Gasteiger partial charge is 0.314 e. The summed E-state index contributed by atoms with van der Waals surface area (Å²) in [4.78, 5) is 2.50. The van der Waals surface area contributed by atoms with Crippen LogP contribution >= 0.6 is 0 Å². The van der Waals surface area contributed by atoms with Gasteiger partial charge in [-0.2, -0.15) is 0 Å². The third-order valence-corrected chi connectivity index (χ3v) is 2.47. The van der Waals surface area contributed by atoms with Gasteiger partial charge in [0.15, 0.2) is 0 Å². The zero-order chi connectivity index (χ0) is 8.81. The van der Waals surface area contributed by atoms with Gasteiger partial charge in [0.1, 0.15) is 0 Å².